The molecule has 172 valence electrons. The summed E-state index contributed by atoms with van der Waals surface area (Å²) in [7, 11) is -2.04. The third-order valence-corrected chi connectivity index (χ3v) is 8.76. The lowest BCUT2D eigenvalue weighted by atomic mass is 9.82. The number of hydrogen-bond acceptors (Lipinski definition) is 5. The predicted octanol–water partition coefficient (Wildman–Crippen LogP) is 4.21. The molecule has 0 aliphatic carbocycles. The van der Waals surface area contributed by atoms with Crippen molar-refractivity contribution in [2.45, 2.75) is 30.3 Å². The van der Waals surface area contributed by atoms with Gasteiger partial charge in [0.1, 0.15) is 5.75 Å². The van der Waals surface area contributed by atoms with Gasteiger partial charge < -0.3 is 15.2 Å². The molecule has 3 aromatic rings. The van der Waals surface area contributed by atoms with Crippen LogP contribution in [0.1, 0.15) is 23.6 Å². The maximum absolute atomic E-state index is 13.7. The zero-order valence-electron chi connectivity index (χ0n) is 18.7. The van der Waals surface area contributed by atoms with Crippen LogP contribution in [-0.2, 0) is 10.0 Å². The molecule has 5 rings (SSSR count). The molecule has 0 unspecified atom stereocenters. The van der Waals surface area contributed by atoms with Crippen LogP contribution in [0.4, 0.5) is 5.69 Å². The number of sulfonamides is 1. The van der Waals surface area contributed by atoms with E-state index < -0.39 is 10.0 Å². The van der Waals surface area contributed by atoms with Crippen LogP contribution in [0.5, 0.6) is 5.75 Å². The molecule has 2 heterocycles. The molecule has 6 nitrogen and oxygen atoms in total. The van der Waals surface area contributed by atoms with Crippen LogP contribution in [0.3, 0.4) is 0 Å². The Balaban J connectivity index is 1.62. The average Bonchev–Trinajstić information content (AvgIpc) is 3.30. The molecule has 0 saturated carbocycles. The minimum absolute atomic E-state index is 0.0179. The van der Waals surface area contributed by atoms with E-state index in [4.69, 9.17) is 4.74 Å². The smallest absolute Gasteiger partial charge is 0.243 e. The first kappa shape index (κ1) is 21.9. The van der Waals surface area contributed by atoms with Gasteiger partial charge in [-0.3, -0.25) is 0 Å². The van der Waals surface area contributed by atoms with Gasteiger partial charge >= 0.3 is 0 Å². The van der Waals surface area contributed by atoms with Gasteiger partial charge in [-0.2, -0.15) is 4.31 Å². The lowest BCUT2D eigenvalue weighted by molar-refractivity contribution is 0.210. The molecule has 33 heavy (non-hydrogen) atoms. The number of rotatable bonds is 5. The molecule has 0 radical (unpaired) electrons. The molecule has 0 aromatic heterocycles. The van der Waals surface area contributed by atoms with E-state index in [9.17, 15) is 13.5 Å². The zero-order valence-corrected chi connectivity index (χ0v) is 19.5. The van der Waals surface area contributed by atoms with Gasteiger partial charge in [0.25, 0.3) is 0 Å². The number of para-hydroxylation sites is 1. The number of nitrogens with zero attached hydrogens (tertiary/aromatic N) is 1. The second kappa shape index (κ2) is 8.48. The fraction of sp³-hybridized carbons (Fsp3) is 0.308. The van der Waals surface area contributed by atoms with E-state index in [2.05, 4.69) is 11.4 Å². The van der Waals surface area contributed by atoms with E-state index in [0.717, 1.165) is 33.7 Å². The highest BCUT2D eigenvalue weighted by atomic mass is 32.2. The van der Waals surface area contributed by atoms with Crippen molar-refractivity contribution in [1.29, 1.82) is 0 Å². The Morgan fingerprint density at radius 2 is 1.85 bits per heavy atom. The summed E-state index contributed by atoms with van der Waals surface area (Å²) in [6.07, 6.45) is 0.687. The lowest BCUT2D eigenvalue weighted by Gasteiger charge is -2.39. The van der Waals surface area contributed by atoms with Crippen LogP contribution in [0.2, 0.25) is 0 Å². The summed E-state index contributed by atoms with van der Waals surface area (Å²) in [5.74, 6) is 0.747. The molecule has 3 aromatic carbocycles. The number of aryl methyl sites for hydroxylation is 1. The quantitative estimate of drug-likeness (QED) is 0.591. The SMILES string of the molecule is COc1ccccc1-c1ccc2c(c1)[C@H]1[C@H](CCN1S(=O)(=O)c1ccc(C)cc1)[C@@H](CO)N2. The van der Waals surface area contributed by atoms with Crippen LogP contribution in [0, 0.1) is 12.8 Å². The van der Waals surface area contributed by atoms with Gasteiger partial charge in [0.05, 0.1) is 30.7 Å². The normalized spacial score (nSPS) is 22.3. The number of anilines is 1. The molecule has 2 aliphatic rings. The van der Waals surface area contributed by atoms with Crippen LogP contribution in [-0.4, -0.2) is 44.1 Å². The highest BCUT2D eigenvalue weighted by molar-refractivity contribution is 7.89. The maximum atomic E-state index is 13.7. The first-order valence-electron chi connectivity index (χ1n) is 11.2. The van der Waals surface area contributed by atoms with Gasteiger partial charge in [-0.15, -0.1) is 0 Å². The summed E-state index contributed by atoms with van der Waals surface area (Å²) in [6.45, 7) is 2.31. The number of hydrogen-bond donors (Lipinski definition) is 2. The van der Waals surface area contributed by atoms with Crippen molar-refractivity contribution in [2.75, 3.05) is 25.6 Å². The maximum Gasteiger partial charge on any atom is 0.243 e. The molecule has 0 bridgehead atoms. The number of aliphatic hydroxyl groups excluding tert-OH is 1. The fourth-order valence-corrected chi connectivity index (χ4v) is 6.85. The minimum atomic E-state index is -3.69. The molecule has 2 aliphatic heterocycles. The monoisotopic (exact) mass is 464 g/mol. The Labute approximate surface area is 194 Å². The summed E-state index contributed by atoms with van der Waals surface area (Å²) in [6, 6.07) is 20.3. The summed E-state index contributed by atoms with van der Waals surface area (Å²) in [5.41, 5.74) is 4.73. The second-order valence-electron chi connectivity index (χ2n) is 8.76. The molecule has 7 heteroatoms. The van der Waals surface area contributed by atoms with Crippen molar-refractivity contribution >= 4 is 15.7 Å². The Morgan fingerprint density at radius 3 is 2.58 bits per heavy atom. The number of aliphatic hydroxyl groups is 1. The standard InChI is InChI=1S/C26H28N2O4S/c1-17-7-10-19(11-8-17)33(30,31)28-14-13-21-24(16-29)27-23-12-9-18(15-22(23)26(21)28)20-5-3-4-6-25(20)32-2/h3-12,15,21,24,26-27,29H,13-14,16H2,1-2H3/t21-,24-,26-/m1/s1. The van der Waals surface area contributed by atoms with E-state index in [0.29, 0.717) is 17.9 Å². The zero-order chi connectivity index (χ0) is 23.2. The van der Waals surface area contributed by atoms with Gasteiger partial charge in [0, 0.05) is 23.7 Å². The van der Waals surface area contributed by atoms with Crippen LogP contribution in [0.15, 0.2) is 71.6 Å². The van der Waals surface area contributed by atoms with Gasteiger partial charge in [-0.1, -0.05) is 42.0 Å². The molecule has 1 saturated heterocycles. The molecular weight excluding hydrogens is 436 g/mol. The molecule has 0 amide bonds. The van der Waals surface area contributed by atoms with E-state index in [-0.39, 0.29) is 24.6 Å². The number of nitrogens with one attached hydrogen (secondary N) is 1. The van der Waals surface area contributed by atoms with Crippen molar-refractivity contribution in [3.63, 3.8) is 0 Å². The van der Waals surface area contributed by atoms with Gasteiger partial charge in [0.2, 0.25) is 10.0 Å². The van der Waals surface area contributed by atoms with E-state index in [1.54, 1.807) is 23.5 Å². The minimum Gasteiger partial charge on any atom is -0.496 e. The summed E-state index contributed by atoms with van der Waals surface area (Å²) < 4.78 is 34.5. The number of methoxy groups -OCH3 is 1. The Bertz CT molecular complexity index is 1270. The highest BCUT2D eigenvalue weighted by Crippen LogP contribution is 2.49. The Hall–Kier alpha value is -2.87. The second-order valence-corrected chi connectivity index (χ2v) is 10.7. The summed E-state index contributed by atoms with van der Waals surface area (Å²) in [5, 5.41) is 13.5. The van der Waals surface area contributed by atoms with Crippen molar-refractivity contribution in [2.24, 2.45) is 5.92 Å². The molecule has 0 spiro atoms. The largest absolute Gasteiger partial charge is 0.496 e. The van der Waals surface area contributed by atoms with Crippen LogP contribution < -0.4 is 10.1 Å². The number of ether oxygens (including phenoxy) is 1. The van der Waals surface area contributed by atoms with E-state index >= 15 is 0 Å². The molecule has 2 N–H and O–H groups in total. The number of benzene rings is 3. The van der Waals surface area contributed by atoms with Crippen molar-refractivity contribution in [1.82, 2.24) is 4.31 Å². The van der Waals surface area contributed by atoms with E-state index in [1.165, 1.54) is 0 Å². The predicted molar refractivity (Wildman–Crippen MR) is 129 cm³/mol. The third kappa shape index (κ3) is 3.70. The highest BCUT2D eigenvalue weighted by Gasteiger charge is 2.48. The summed E-state index contributed by atoms with van der Waals surface area (Å²) >= 11 is 0. The van der Waals surface area contributed by atoms with Gasteiger partial charge in [-0.25, -0.2) is 8.42 Å². The van der Waals surface area contributed by atoms with Gasteiger partial charge in [0.15, 0.2) is 0 Å². The van der Waals surface area contributed by atoms with Crippen molar-refractivity contribution < 1.29 is 18.3 Å². The average molecular weight is 465 g/mol. The molecular formula is C26H28N2O4S. The fourth-order valence-electron chi connectivity index (χ4n) is 5.19. The number of fused-ring (bicyclic) bond motifs is 3. The topological polar surface area (TPSA) is 78.9 Å². The van der Waals surface area contributed by atoms with Gasteiger partial charge in [-0.05, 0) is 54.8 Å². The lowest BCUT2D eigenvalue weighted by Crippen LogP contribution is -2.42. The Morgan fingerprint density at radius 1 is 1.09 bits per heavy atom. The molecule has 3 atom stereocenters. The third-order valence-electron chi connectivity index (χ3n) is 6.87. The van der Waals surface area contributed by atoms with Crippen LogP contribution >= 0.6 is 0 Å². The van der Waals surface area contributed by atoms with Crippen LogP contribution in [0.25, 0.3) is 11.1 Å². The van der Waals surface area contributed by atoms with Crippen molar-refractivity contribution in [3.05, 3.63) is 77.9 Å². The first-order valence-corrected chi connectivity index (χ1v) is 12.6. The molecule has 1 fully saturated rings. The Kier molecular flexibility index (Phi) is 5.64. The van der Waals surface area contributed by atoms with Crippen molar-refractivity contribution in [3.8, 4) is 16.9 Å². The summed E-state index contributed by atoms with van der Waals surface area (Å²) in [4.78, 5) is 0.301. The first-order chi connectivity index (χ1) is 15.9. The van der Waals surface area contributed by atoms with E-state index in [1.807, 2.05) is 55.5 Å².